The fourth-order valence-electron chi connectivity index (χ4n) is 2.63. The summed E-state index contributed by atoms with van der Waals surface area (Å²) in [5.41, 5.74) is 4.07. The maximum atomic E-state index is 12.4. The Bertz CT molecular complexity index is 837. The summed E-state index contributed by atoms with van der Waals surface area (Å²) in [6.45, 7) is 4.20. The number of benzene rings is 1. The molecule has 5 nitrogen and oxygen atoms in total. The highest BCUT2D eigenvalue weighted by Gasteiger charge is 2.12. The number of carbonyl (C=O) groups is 1. The maximum Gasteiger partial charge on any atom is 0.234 e. The molecule has 0 saturated carbocycles. The van der Waals surface area contributed by atoms with Crippen molar-refractivity contribution in [3.63, 3.8) is 0 Å². The lowest BCUT2D eigenvalue weighted by atomic mass is 10.0. The SMILES string of the molecule is CCc1cccc(CC)c1NC(=O)CSc1nnc2ccccn12. The second-order valence-corrected chi connectivity index (χ2v) is 6.35. The lowest BCUT2D eigenvalue weighted by molar-refractivity contribution is -0.113. The number of nitrogens with one attached hydrogen (secondary N) is 1. The number of carbonyl (C=O) groups excluding carboxylic acids is 1. The van der Waals surface area contributed by atoms with Gasteiger partial charge in [0.05, 0.1) is 5.75 Å². The minimum absolute atomic E-state index is 0.0247. The fourth-order valence-corrected chi connectivity index (χ4v) is 3.35. The zero-order chi connectivity index (χ0) is 16.9. The van der Waals surface area contributed by atoms with Gasteiger partial charge in [-0.05, 0) is 36.1 Å². The predicted octanol–water partition coefficient (Wildman–Crippen LogP) is 3.58. The molecule has 0 aliphatic heterocycles. The largest absolute Gasteiger partial charge is 0.325 e. The van der Waals surface area contributed by atoms with Crippen LogP contribution in [0.1, 0.15) is 25.0 Å². The number of nitrogens with zero attached hydrogens (tertiary/aromatic N) is 3. The summed E-state index contributed by atoms with van der Waals surface area (Å²) < 4.78 is 1.88. The molecule has 0 radical (unpaired) electrons. The molecule has 0 atom stereocenters. The van der Waals surface area contributed by atoms with Gasteiger partial charge in [-0.2, -0.15) is 0 Å². The Morgan fingerprint density at radius 3 is 2.54 bits per heavy atom. The molecule has 124 valence electrons. The van der Waals surface area contributed by atoms with Crippen molar-refractivity contribution < 1.29 is 4.79 Å². The number of amides is 1. The van der Waals surface area contributed by atoms with Crippen LogP contribution in [0.2, 0.25) is 0 Å². The molecule has 0 unspecified atom stereocenters. The monoisotopic (exact) mass is 340 g/mol. The molecular formula is C18H20N4OS. The first-order valence-corrected chi connectivity index (χ1v) is 9.04. The third-order valence-electron chi connectivity index (χ3n) is 3.88. The van der Waals surface area contributed by atoms with Gasteiger partial charge in [0, 0.05) is 11.9 Å². The first-order chi connectivity index (χ1) is 11.7. The lowest BCUT2D eigenvalue weighted by Gasteiger charge is -2.14. The Balaban J connectivity index is 1.70. The van der Waals surface area contributed by atoms with Gasteiger partial charge in [0.2, 0.25) is 5.91 Å². The average molecular weight is 340 g/mol. The first-order valence-electron chi connectivity index (χ1n) is 8.06. The van der Waals surface area contributed by atoms with Gasteiger partial charge in [-0.3, -0.25) is 9.20 Å². The van der Waals surface area contributed by atoms with Crippen LogP contribution in [0.15, 0.2) is 47.8 Å². The summed E-state index contributed by atoms with van der Waals surface area (Å²) in [6.07, 6.45) is 3.69. The highest BCUT2D eigenvalue weighted by molar-refractivity contribution is 7.99. The molecule has 0 saturated heterocycles. The van der Waals surface area contributed by atoms with Crippen molar-refractivity contribution in [2.75, 3.05) is 11.1 Å². The van der Waals surface area contributed by atoms with Crippen molar-refractivity contribution in [3.8, 4) is 0 Å². The Hall–Kier alpha value is -2.34. The van der Waals surface area contributed by atoms with E-state index in [0.29, 0.717) is 5.75 Å². The van der Waals surface area contributed by atoms with Crippen molar-refractivity contribution >= 4 is 29.0 Å². The third kappa shape index (κ3) is 3.43. The molecule has 3 rings (SSSR count). The Kier molecular flexibility index (Phi) is 5.15. The number of hydrogen-bond acceptors (Lipinski definition) is 4. The van der Waals surface area contributed by atoms with Crippen LogP contribution in [-0.4, -0.2) is 26.3 Å². The van der Waals surface area contributed by atoms with E-state index in [1.165, 1.54) is 22.9 Å². The number of anilines is 1. The van der Waals surface area contributed by atoms with Gasteiger partial charge in [-0.1, -0.05) is 49.9 Å². The van der Waals surface area contributed by atoms with Crippen LogP contribution >= 0.6 is 11.8 Å². The van der Waals surface area contributed by atoms with Crippen molar-refractivity contribution in [1.82, 2.24) is 14.6 Å². The molecule has 0 aliphatic carbocycles. The highest BCUT2D eigenvalue weighted by atomic mass is 32.2. The van der Waals surface area contributed by atoms with Crippen LogP contribution in [0.4, 0.5) is 5.69 Å². The van der Waals surface area contributed by atoms with Crippen LogP contribution in [0.5, 0.6) is 0 Å². The zero-order valence-electron chi connectivity index (χ0n) is 13.8. The molecule has 2 heterocycles. The van der Waals surface area contributed by atoms with Crippen LogP contribution in [0, 0.1) is 0 Å². The van der Waals surface area contributed by atoms with Crippen molar-refractivity contribution in [2.45, 2.75) is 31.8 Å². The molecule has 0 fully saturated rings. The molecule has 2 aromatic heterocycles. The fraction of sp³-hybridized carbons (Fsp3) is 0.278. The number of hydrogen-bond donors (Lipinski definition) is 1. The Morgan fingerprint density at radius 1 is 1.08 bits per heavy atom. The van der Waals surface area contributed by atoms with Gasteiger partial charge >= 0.3 is 0 Å². The Morgan fingerprint density at radius 2 is 1.83 bits per heavy atom. The lowest BCUT2D eigenvalue weighted by Crippen LogP contribution is -2.17. The molecule has 1 aromatic carbocycles. The number of rotatable bonds is 6. The van der Waals surface area contributed by atoms with Crippen LogP contribution in [0.25, 0.3) is 5.65 Å². The summed E-state index contributed by atoms with van der Waals surface area (Å²) in [6, 6.07) is 11.9. The number of aromatic nitrogens is 3. The predicted molar refractivity (Wildman–Crippen MR) is 97.5 cm³/mol. The van der Waals surface area contributed by atoms with E-state index < -0.39 is 0 Å². The number of pyridine rings is 1. The third-order valence-corrected chi connectivity index (χ3v) is 4.82. The van der Waals surface area contributed by atoms with Crippen molar-refractivity contribution in [3.05, 3.63) is 53.7 Å². The van der Waals surface area contributed by atoms with Crippen LogP contribution < -0.4 is 5.32 Å². The van der Waals surface area contributed by atoms with E-state index >= 15 is 0 Å². The van der Waals surface area contributed by atoms with E-state index in [0.717, 1.165) is 29.3 Å². The minimum Gasteiger partial charge on any atom is -0.325 e. The normalized spacial score (nSPS) is 10.9. The van der Waals surface area contributed by atoms with E-state index in [4.69, 9.17) is 0 Å². The maximum absolute atomic E-state index is 12.4. The number of fused-ring (bicyclic) bond motifs is 1. The summed E-state index contributed by atoms with van der Waals surface area (Å²) in [5.74, 6) is 0.278. The van der Waals surface area contributed by atoms with E-state index in [1.54, 1.807) is 0 Å². The topological polar surface area (TPSA) is 59.3 Å². The van der Waals surface area contributed by atoms with Crippen molar-refractivity contribution in [1.29, 1.82) is 0 Å². The summed E-state index contributed by atoms with van der Waals surface area (Å²) in [5, 5.41) is 12.0. The second kappa shape index (κ2) is 7.49. The van der Waals surface area contributed by atoms with E-state index in [9.17, 15) is 4.79 Å². The van der Waals surface area contributed by atoms with E-state index in [-0.39, 0.29) is 5.91 Å². The van der Waals surface area contributed by atoms with Gasteiger partial charge < -0.3 is 5.32 Å². The molecule has 1 amide bonds. The van der Waals surface area contributed by atoms with Crippen LogP contribution in [-0.2, 0) is 17.6 Å². The minimum atomic E-state index is -0.0247. The van der Waals surface area contributed by atoms with E-state index in [2.05, 4.69) is 41.5 Å². The molecular weight excluding hydrogens is 320 g/mol. The zero-order valence-corrected chi connectivity index (χ0v) is 14.6. The molecule has 24 heavy (non-hydrogen) atoms. The Labute approximate surface area is 145 Å². The number of thioether (sulfide) groups is 1. The highest BCUT2D eigenvalue weighted by Crippen LogP contribution is 2.23. The van der Waals surface area contributed by atoms with Gasteiger partial charge in [0.15, 0.2) is 10.8 Å². The van der Waals surface area contributed by atoms with Gasteiger partial charge in [0.1, 0.15) is 0 Å². The molecule has 0 bridgehead atoms. The number of aryl methyl sites for hydroxylation is 2. The summed E-state index contributed by atoms with van der Waals surface area (Å²) in [4.78, 5) is 12.4. The van der Waals surface area contributed by atoms with Gasteiger partial charge in [0.25, 0.3) is 0 Å². The summed E-state index contributed by atoms with van der Waals surface area (Å²) in [7, 11) is 0. The van der Waals surface area contributed by atoms with Crippen LogP contribution in [0.3, 0.4) is 0 Å². The molecule has 6 heteroatoms. The number of para-hydroxylation sites is 1. The smallest absolute Gasteiger partial charge is 0.234 e. The van der Waals surface area contributed by atoms with Crippen molar-refractivity contribution in [2.24, 2.45) is 0 Å². The molecule has 0 spiro atoms. The standard InChI is InChI=1S/C18H20N4OS/c1-3-13-8-7-9-14(4-2)17(13)19-16(23)12-24-18-21-20-15-10-5-6-11-22(15)18/h5-11H,3-4,12H2,1-2H3,(H,19,23). The molecule has 1 N–H and O–H groups in total. The van der Waals surface area contributed by atoms with Gasteiger partial charge in [-0.15, -0.1) is 10.2 Å². The molecule has 0 aliphatic rings. The van der Waals surface area contributed by atoms with Gasteiger partial charge in [-0.25, -0.2) is 0 Å². The summed E-state index contributed by atoms with van der Waals surface area (Å²) >= 11 is 1.39. The molecule has 3 aromatic rings. The first kappa shape index (κ1) is 16.5. The second-order valence-electron chi connectivity index (χ2n) is 5.41. The quantitative estimate of drug-likeness (QED) is 0.697. The van der Waals surface area contributed by atoms with E-state index in [1.807, 2.05) is 34.9 Å². The average Bonchev–Trinajstić information content (AvgIpc) is 3.03.